The van der Waals surface area contributed by atoms with Gasteiger partial charge in [0.25, 0.3) is 0 Å². The van der Waals surface area contributed by atoms with E-state index in [1.807, 2.05) is 29.6 Å². The maximum atomic E-state index is 12.6. The molecule has 0 radical (unpaired) electrons. The number of benzene rings is 1. The van der Waals surface area contributed by atoms with Crippen molar-refractivity contribution in [2.75, 3.05) is 6.54 Å². The molecule has 0 aliphatic heterocycles. The van der Waals surface area contributed by atoms with Crippen molar-refractivity contribution in [3.63, 3.8) is 0 Å². The van der Waals surface area contributed by atoms with E-state index in [2.05, 4.69) is 15.6 Å². The molecule has 0 bridgehead atoms. The first-order valence-electron chi connectivity index (χ1n) is 10.3. The van der Waals surface area contributed by atoms with Crippen LogP contribution in [0.2, 0.25) is 0 Å². The van der Waals surface area contributed by atoms with Crippen LogP contribution in [-0.2, 0) is 30.4 Å². The van der Waals surface area contributed by atoms with Crippen molar-refractivity contribution in [1.29, 1.82) is 0 Å². The summed E-state index contributed by atoms with van der Waals surface area (Å²) in [6.45, 7) is 0.427. The maximum absolute atomic E-state index is 12.6. The number of nitrogens with one attached hydrogen (secondary N) is 4. The summed E-state index contributed by atoms with van der Waals surface area (Å²) in [5, 5.41) is 34.9. The zero-order valence-electron chi connectivity index (χ0n) is 18.3. The second kappa shape index (κ2) is 11.8. The number of aliphatic hydroxyl groups excluding tert-OH is 1. The third kappa shape index (κ3) is 7.28. The number of amides is 3. The van der Waals surface area contributed by atoms with E-state index >= 15 is 0 Å². The predicted molar refractivity (Wildman–Crippen MR) is 118 cm³/mol. The minimum atomic E-state index is -1.64. The Morgan fingerprint density at radius 1 is 1.00 bits per heavy atom. The number of carboxylic acid groups (broad SMARTS) is 2. The summed E-state index contributed by atoms with van der Waals surface area (Å²) >= 11 is 0. The average molecular weight is 477 g/mol. The number of carbonyl (C=O) groups excluding carboxylic acids is 3. The number of nitrogens with two attached hydrogens (primary N) is 1. The molecule has 1 aromatic carbocycles. The van der Waals surface area contributed by atoms with Crippen molar-refractivity contribution in [3.05, 3.63) is 36.0 Å². The van der Waals surface area contributed by atoms with Gasteiger partial charge in [-0.2, -0.15) is 0 Å². The van der Waals surface area contributed by atoms with Gasteiger partial charge in [0, 0.05) is 17.1 Å². The van der Waals surface area contributed by atoms with Gasteiger partial charge in [-0.25, -0.2) is 0 Å². The summed E-state index contributed by atoms with van der Waals surface area (Å²) in [5.74, 6) is -5.65. The lowest BCUT2D eigenvalue weighted by Crippen LogP contribution is -2.59. The molecule has 0 aliphatic carbocycles. The van der Waals surface area contributed by atoms with Gasteiger partial charge in [0.1, 0.15) is 18.6 Å². The van der Waals surface area contributed by atoms with Gasteiger partial charge in [-0.05, 0) is 25.0 Å². The maximum Gasteiger partial charge on any atom is 0.322 e. The lowest BCUT2D eigenvalue weighted by molar-refractivity contribution is -0.142. The second-order valence-corrected chi connectivity index (χ2v) is 7.67. The Balaban J connectivity index is 2.06. The van der Waals surface area contributed by atoms with Crippen molar-refractivity contribution in [3.8, 4) is 0 Å². The lowest BCUT2D eigenvalue weighted by Gasteiger charge is -2.25. The molecule has 1 aromatic heterocycles. The first kappa shape index (κ1) is 26.3. The van der Waals surface area contributed by atoms with Gasteiger partial charge in [-0.15, -0.1) is 0 Å². The second-order valence-electron chi connectivity index (χ2n) is 7.67. The highest BCUT2D eigenvalue weighted by molar-refractivity contribution is 5.95. The minimum absolute atomic E-state index is 0.128. The number of aromatic amines is 1. The van der Waals surface area contributed by atoms with E-state index in [-0.39, 0.29) is 6.42 Å². The highest BCUT2D eigenvalue weighted by atomic mass is 16.4. The number of carbonyl (C=O) groups is 5. The van der Waals surface area contributed by atoms with Crippen molar-refractivity contribution in [1.82, 2.24) is 20.9 Å². The Morgan fingerprint density at radius 3 is 2.29 bits per heavy atom. The average Bonchev–Trinajstić information content (AvgIpc) is 3.17. The zero-order chi connectivity index (χ0) is 25.4. The van der Waals surface area contributed by atoms with Crippen LogP contribution in [0.5, 0.6) is 0 Å². The number of fused-ring (bicyclic) bond motifs is 1. The number of aliphatic hydroxyl groups is 1. The van der Waals surface area contributed by atoms with Gasteiger partial charge in [-0.3, -0.25) is 24.0 Å². The summed E-state index contributed by atoms with van der Waals surface area (Å²) in [6, 6.07) is 3.13. The van der Waals surface area contributed by atoms with Crippen LogP contribution in [0, 0.1) is 0 Å². The van der Waals surface area contributed by atoms with E-state index in [0.29, 0.717) is 0 Å². The van der Waals surface area contributed by atoms with Gasteiger partial charge in [0.2, 0.25) is 17.7 Å². The molecule has 4 atom stereocenters. The third-order valence-corrected chi connectivity index (χ3v) is 4.94. The molecular weight excluding hydrogens is 450 g/mol. The molecule has 9 N–H and O–H groups in total. The van der Waals surface area contributed by atoms with Crippen LogP contribution in [0.15, 0.2) is 30.5 Å². The highest BCUT2D eigenvalue weighted by Crippen LogP contribution is 2.18. The molecule has 2 rings (SSSR count). The van der Waals surface area contributed by atoms with Crippen LogP contribution in [0.1, 0.15) is 18.9 Å². The topological polar surface area (TPSA) is 224 Å². The Morgan fingerprint density at radius 2 is 1.68 bits per heavy atom. The fourth-order valence-corrected chi connectivity index (χ4v) is 3.23. The van der Waals surface area contributed by atoms with Crippen molar-refractivity contribution in [2.45, 2.75) is 44.0 Å². The summed E-state index contributed by atoms with van der Waals surface area (Å²) in [7, 11) is 0. The van der Waals surface area contributed by atoms with E-state index in [1.165, 1.54) is 6.92 Å². The van der Waals surface area contributed by atoms with Gasteiger partial charge in [-0.1, -0.05) is 18.2 Å². The van der Waals surface area contributed by atoms with E-state index in [4.69, 9.17) is 15.9 Å². The highest BCUT2D eigenvalue weighted by Gasteiger charge is 2.32. The molecule has 1 heterocycles. The number of H-pyrrole nitrogens is 1. The van der Waals surface area contributed by atoms with Crippen molar-refractivity contribution < 1.29 is 39.3 Å². The standard InChI is InChI=1S/C21H27N5O8/c1-10(27)18(21(34)25-15(7-16(28)29)20(33)24-9-17(30)31)26-19(32)13(22)6-11-8-23-14-5-3-2-4-12(11)14/h2-5,8,10,13,15,18,23,27H,6-7,9,22H2,1H3,(H,24,33)(H,25,34)(H,26,32)(H,28,29)(H,30,31). The number of rotatable bonds is 12. The summed E-state index contributed by atoms with van der Waals surface area (Å²) in [6.07, 6.45) is -0.430. The summed E-state index contributed by atoms with van der Waals surface area (Å²) < 4.78 is 0. The molecule has 0 aliphatic rings. The van der Waals surface area contributed by atoms with Crippen molar-refractivity contribution in [2.24, 2.45) is 5.73 Å². The Labute approximate surface area is 193 Å². The quantitative estimate of drug-likeness (QED) is 0.170. The van der Waals surface area contributed by atoms with Gasteiger partial charge in [0.15, 0.2) is 0 Å². The first-order valence-corrected chi connectivity index (χ1v) is 10.3. The van der Waals surface area contributed by atoms with Crippen LogP contribution in [0.4, 0.5) is 0 Å². The van der Waals surface area contributed by atoms with Gasteiger partial charge < -0.3 is 42.0 Å². The molecule has 0 saturated carbocycles. The smallest absolute Gasteiger partial charge is 0.322 e. The van der Waals surface area contributed by atoms with Gasteiger partial charge >= 0.3 is 11.9 Å². The van der Waals surface area contributed by atoms with E-state index < -0.39 is 66.9 Å². The molecule has 34 heavy (non-hydrogen) atoms. The minimum Gasteiger partial charge on any atom is -0.481 e. The molecule has 13 heteroatoms. The van der Waals surface area contributed by atoms with Crippen molar-refractivity contribution >= 4 is 40.6 Å². The van der Waals surface area contributed by atoms with Gasteiger partial charge in [0.05, 0.1) is 18.6 Å². The van der Waals surface area contributed by atoms with E-state index in [9.17, 15) is 29.1 Å². The number of carboxylic acids is 2. The first-order chi connectivity index (χ1) is 16.0. The predicted octanol–water partition coefficient (Wildman–Crippen LogP) is -1.94. The number of aromatic nitrogens is 1. The van der Waals surface area contributed by atoms with E-state index in [0.717, 1.165) is 16.5 Å². The largest absolute Gasteiger partial charge is 0.481 e. The van der Waals surface area contributed by atoms with E-state index in [1.54, 1.807) is 6.20 Å². The number of hydrogen-bond donors (Lipinski definition) is 8. The van der Waals surface area contributed by atoms with Crippen LogP contribution in [0.3, 0.4) is 0 Å². The fourth-order valence-electron chi connectivity index (χ4n) is 3.23. The zero-order valence-corrected chi connectivity index (χ0v) is 18.3. The number of para-hydroxylation sites is 1. The molecule has 0 spiro atoms. The molecule has 184 valence electrons. The Hall–Kier alpha value is -3.97. The van der Waals surface area contributed by atoms with Crippen LogP contribution < -0.4 is 21.7 Å². The van der Waals surface area contributed by atoms with Crippen LogP contribution in [-0.4, -0.2) is 80.7 Å². The fraction of sp³-hybridized carbons (Fsp3) is 0.381. The summed E-state index contributed by atoms with van der Waals surface area (Å²) in [5.41, 5.74) is 7.62. The molecule has 13 nitrogen and oxygen atoms in total. The Kier molecular flexibility index (Phi) is 9.10. The van der Waals surface area contributed by atoms with Crippen LogP contribution in [0.25, 0.3) is 10.9 Å². The SMILES string of the molecule is CC(O)C(NC(=O)C(N)Cc1c[nH]c2ccccc12)C(=O)NC(CC(=O)O)C(=O)NCC(=O)O. The lowest BCUT2D eigenvalue weighted by atomic mass is 10.0. The normalized spacial score (nSPS) is 14.4. The molecular formula is C21H27N5O8. The molecule has 0 fully saturated rings. The van der Waals surface area contributed by atoms with Crippen LogP contribution >= 0.6 is 0 Å². The molecule has 2 aromatic rings. The number of aliphatic carboxylic acids is 2. The third-order valence-electron chi connectivity index (χ3n) is 4.94. The number of hydrogen-bond acceptors (Lipinski definition) is 7. The molecule has 3 amide bonds. The molecule has 4 unspecified atom stereocenters. The molecule has 0 saturated heterocycles. The summed E-state index contributed by atoms with van der Waals surface area (Å²) in [4.78, 5) is 62.1. The Bertz CT molecular complexity index is 1070. The monoisotopic (exact) mass is 477 g/mol.